The van der Waals surface area contributed by atoms with Gasteiger partial charge in [0.15, 0.2) is 5.69 Å². The molecule has 0 atom stereocenters. The van der Waals surface area contributed by atoms with Crippen LogP contribution in [0.15, 0.2) is 4.63 Å². The van der Waals surface area contributed by atoms with E-state index in [1.54, 1.807) is 6.92 Å². The molecule has 0 fully saturated rings. The van der Waals surface area contributed by atoms with E-state index >= 15 is 0 Å². The molecule has 4 nitrogen and oxygen atoms in total. The lowest BCUT2D eigenvalue weighted by Crippen LogP contribution is -2.25. The van der Waals surface area contributed by atoms with E-state index in [1.807, 2.05) is 6.92 Å². The van der Waals surface area contributed by atoms with Crippen molar-refractivity contribution in [2.45, 2.75) is 20.3 Å². The van der Waals surface area contributed by atoms with Crippen molar-refractivity contribution in [1.29, 1.82) is 0 Å². The predicted octanol–water partition coefficient (Wildman–Crippen LogP) is 0.179. The van der Waals surface area contributed by atoms with Crippen LogP contribution in [0.2, 0.25) is 0 Å². The Bertz CT molecular complexity index is 207. The Hall–Kier alpha value is -1.06. The number of hydrogen-bond acceptors (Lipinski definition) is 3. The monoisotopic (exact) mass is 128 g/mol. The first-order chi connectivity index (χ1) is 4.25. The van der Waals surface area contributed by atoms with Gasteiger partial charge in [-0.2, -0.15) is 0 Å². The molecule has 4 heteroatoms. The molecule has 0 bridgehead atoms. The maximum Gasteiger partial charge on any atom is 0.220 e. The van der Waals surface area contributed by atoms with E-state index in [1.165, 1.54) is 0 Å². The lowest BCUT2D eigenvalue weighted by molar-refractivity contribution is -0.806. The van der Waals surface area contributed by atoms with Crippen molar-refractivity contribution in [2.24, 2.45) is 0 Å². The van der Waals surface area contributed by atoms with Crippen LogP contribution in [0.5, 0.6) is 0 Å². The van der Waals surface area contributed by atoms with Crippen LogP contribution < -0.4 is 4.90 Å². The molecule has 50 valence electrons. The molecule has 0 radical (unpaired) electrons. The molecule has 0 aliphatic heterocycles. The van der Waals surface area contributed by atoms with Crippen molar-refractivity contribution < 1.29 is 9.53 Å². The van der Waals surface area contributed by atoms with E-state index in [0.717, 1.165) is 12.1 Å². The third kappa shape index (κ3) is 0.872. The highest BCUT2D eigenvalue weighted by Crippen LogP contribution is 1.97. The highest BCUT2D eigenvalue weighted by atomic mass is 16.8. The van der Waals surface area contributed by atoms with Gasteiger partial charge < -0.3 is 5.21 Å². The smallest absolute Gasteiger partial charge is 0.220 e. The second-order valence-corrected chi connectivity index (χ2v) is 1.82. The Balaban J connectivity index is 3.04. The number of aryl methyl sites for hydroxylation is 1. The highest BCUT2D eigenvalue weighted by Gasteiger charge is 2.09. The lowest BCUT2D eigenvalue weighted by atomic mass is 10.3. The third-order valence-electron chi connectivity index (χ3n) is 1.25. The summed E-state index contributed by atoms with van der Waals surface area (Å²) in [6.07, 6.45) is 0.741. The normalized spacial score (nSPS) is 10.0. The molecular weight excluding hydrogens is 120 g/mol. The van der Waals surface area contributed by atoms with Crippen molar-refractivity contribution >= 4 is 0 Å². The van der Waals surface area contributed by atoms with Gasteiger partial charge in [0.1, 0.15) is 0 Å². The number of nitrogens with zero attached hydrogens (tertiary/aromatic N) is 2. The Labute approximate surface area is 52.6 Å². The van der Waals surface area contributed by atoms with Crippen LogP contribution in [0.25, 0.3) is 0 Å². The van der Waals surface area contributed by atoms with Gasteiger partial charge in [-0.15, -0.1) is 0 Å². The fraction of sp³-hybridized carbons (Fsp3) is 0.600. The van der Waals surface area contributed by atoms with Gasteiger partial charge in [0, 0.05) is 18.5 Å². The lowest BCUT2D eigenvalue weighted by Gasteiger charge is -1.83. The number of aromatic nitrogens is 2. The number of hydrogen-bond donors (Lipinski definition) is 0. The SMILES string of the molecule is CCc1no[n+]([O-])c1C. The van der Waals surface area contributed by atoms with Crippen molar-refractivity contribution in [3.63, 3.8) is 0 Å². The third-order valence-corrected chi connectivity index (χ3v) is 1.25. The fourth-order valence-corrected chi connectivity index (χ4v) is 0.639. The molecule has 9 heavy (non-hydrogen) atoms. The van der Waals surface area contributed by atoms with Gasteiger partial charge in [-0.3, -0.25) is 4.63 Å². The average molecular weight is 128 g/mol. The van der Waals surface area contributed by atoms with Gasteiger partial charge in [0.05, 0.1) is 0 Å². The molecule has 0 saturated heterocycles. The summed E-state index contributed by atoms with van der Waals surface area (Å²) in [5.74, 6) is 0. The molecule has 0 saturated carbocycles. The molecule has 0 aliphatic carbocycles. The zero-order valence-electron chi connectivity index (χ0n) is 5.42. The predicted molar refractivity (Wildman–Crippen MR) is 29.6 cm³/mol. The summed E-state index contributed by atoms with van der Waals surface area (Å²) in [5.41, 5.74) is 1.28. The van der Waals surface area contributed by atoms with Crippen LogP contribution in [0.4, 0.5) is 0 Å². The van der Waals surface area contributed by atoms with E-state index in [0.29, 0.717) is 10.6 Å². The van der Waals surface area contributed by atoms with Crippen molar-refractivity contribution in [2.75, 3.05) is 0 Å². The minimum Gasteiger partial charge on any atom is -0.359 e. The zero-order valence-corrected chi connectivity index (χ0v) is 5.42. The number of rotatable bonds is 1. The van der Waals surface area contributed by atoms with Gasteiger partial charge in [-0.25, -0.2) is 0 Å². The first-order valence-electron chi connectivity index (χ1n) is 2.81. The van der Waals surface area contributed by atoms with Crippen LogP contribution >= 0.6 is 0 Å². The van der Waals surface area contributed by atoms with Gasteiger partial charge >= 0.3 is 0 Å². The maximum absolute atomic E-state index is 10.5. The Morgan fingerprint density at radius 1 is 1.78 bits per heavy atom. The molecular formula is C5H8N2O2. The minimum atomic E-state index is 0.416. The first kappa shape index (κ1) is 6.07. The topological polar surface area (TPSA) is 53.0 Å². The maximum atomic E-state index is 10.5. The van der Waals surface area contributed by atoms with E-state index in [2.05, 4.69) is 9.79 Å². The zero-order chi connectivity index (χ0) is 6.85. The van der Waals surface area contributed by atoms with Crippen LogP contribution in [0, 0.1) is 12.1 Å². The summed E-state index contributed by atoms with van der Waals surface area (Å²) in [4.78, 5) is 0.416. The summed E-state index contributed by atoms with van der Waals surface area (Å²) >= 11 is 0. The summed E-state index contributed by atoms with van der Waals surface area (Å²) in [6, 6.07) is 0. The minimum absolute atomic E-state index is 0.416. The molecule has 0 aromatic carbocycles. The quantitative estimate of drug-likeness (QED) is 0.507. The van der Waals surface area contributed by atoms with Crippen LogP contribution in [0.3, 0.4) is 0 Å². The summed E-state index contributed by atoms with van der Waals surface area (Å²) < 4.78 is 4.30. The Morgan fingerprint density at radius 2 is 2.44 bits per heavy atom. The standard InChI is InChI=1S/C5H8N2O2/c1-3-5-4(2)7(8)9-6-5/h3H2,1-2H3. The van der Waals surface area contributed by atoms with E-state index in [4.69, 9.17) is 0 Å². The molecule has 0 amide bonds. The Kier molecular flexibility index (Phi) is 1.38. The van der Waals surface area contributed by atoms with E-state index in [9.17, 15) is 5.21 Å². The molecule has 0 spiro atoms. The second-order valence-electron chi connectivity index (χ2n) is 1.82. The fourth-order valence-electron chi connectivity index (χ4n) is 0.639. The molecule has 1 aromatic rings. The van der Waals surface area contributed by atoms with Crippen molar-refractivity contribution in [3.8, 4) is 0 Å². The van der Waals surface area contributed by atoms with E-state index < -0.39 is 0 Å². The first-order valence-corrected chi connectivity index (χ1v) is 2.81. The summed E-state index contributed by atoms with van der Waals surface area (Å²) in [7, 11) is 0. The van der Waals surface area contributed by atoms with Gasteiger partial charge in [-0.05, 0) is 4.90 Å². The molecule has 1 rings (SSSR count). The van der Waals surface area contributed by atoms with Crippen molar-refractivity contribution in [1.82, 2.24) is 5.16 Å². The van der Waals surface area contributed by atoms with Crippen LogP contribution in [0.1, 0.15) is 18.3 Å². The molecule has 0 aliphatic rings. The molecule has 1 heterocycles. The average Bonchev–Trinajstić information content (AvgIpc) is 2.15. The van der Waals surface area contributed by atoms with Crippen LogP contribution in [-0.4, -0.2) is 5.16 Å². The summed E-state index contributed by atoms with van der Waals surface area (Å²) in [5, 5.41) is 14.0. The largest absolute Gasteiger partial charge is 0.359 e. The molecule has 0 unspecified atom stereocenters. The van der Waals surface area contributed by atoms with E-state index in [-0.39, 0.29) is 0 Å². The molecule has 0 N–H and O–H groups in total. The van der Waals surface area contributed by atoms with Gasteiger partial charge in [0.2, 0.25) is 5.69 Å². The van der Waals surface area contributed by atoms with Gasteiger partial charge in [-0.1, -0.05) is 6.92 Å². The summed E-state index contributed by atoms with van der Waals surface area (Å²) in [6.45, 7) is 3.60. The van der Waals surface area contributed by atoms with Crippen LogP contribution in [-0.2, 0) is 6.42 Å². The Morgan fingerprint density at radius 3 is 2.67 bits per heavy atom. The van der Waals surface area contributed by atoms with Gasteiger partial charge in [0.25, 0.3) is 0 Å². The highest BCUT2D eigenvalue weighted by molar-refractivity contribution is 4.99. The van der Waals surface area contributed by atoms with Crippen molar-refractivity contribution in [3.05, 3.63) is 16.6 Å². The molecule has 1 aromatic heterocycles. The second kappa shape index (κ2) is 2.05.